The van der Waals surface area contributed by atoms with Crippen molar-refractivity contribution in [3.63, 3.8) is 0 Å². The van der Waals surface area contributed by atoms with Crippen LogP contribution >= 0.6 is 23.2 Å². The van der Waals surface area contributed by atoms with Crippen molar-refractivity contribution in [1.29, 1.82) is 0 Å². The highest BCUT2D eigenvalue weighted by atomic mass is 35.5. The van der Waals surface area contributed by atoms with E-state index in [1.165, 1.54) is 7.11 Å². The summed E-state index contributed by atoms with van der Waals surface area (Å²) in [5.41, 5.74) is 0.441. The summed E-state index contributed by atoms with van der Waals surface area (Å²) >= 11 is 11.8. The lowest BCUT2D eigenvalue weighted by molar-refractivity contribution is -0.149. The summed E-state index contributed by atoms with van der Waals surface area (Å²) in [6.45, 7) is 1.79. The van der Waals surface area contributed by atoms with E-state index in [0.29, 0.717) is 22.0 Å². The molecule has 0 radical (unpaired) electrons. The molecule has 0 aliphatic heterocycles. The molecule has 2 unspecified atom stereocenters. The minimum atomic E-state index is -1.02. The number of aliphatic hydroxyl groups excluding tert-OH is 1. The summed E-state index contributed by atoms with van der Waals surface area (Å²) < 4.78 is 4.64. The van der Waals surface area contributed by atoms with Gasteiger partial charge in [0.1, 0.15) is 0 Å². The fourth-order valence-corrected chi connectivity index (χ4v) is 2.04. The van der Waals surface area contributed by atoms with Crippen LogP contribution in [0.15, 0.2) is 18.2 Å². The Kier molecular flexibility index (Phi) is 5.25. The predicted octanol–water partition coefficient (Wildman–Crippen LogP) is 3.23. The third-order valence-corrected chi connectivity index (χ3v) is 3.18. The van der Waals surface area contributed by atoms with E-state index in [9.17, 15) is 9.90 Å². The number of aliphatic hydroxyl groups is 1. The Morgan fingerprint density at radius 2 is 2.12 bits per heavy atom. The maximum Gasteiger partial charge on any atom is 0.311 e. The van der Waals surface area contributed by atoms with E-state index in [1.807, 2.05) is 0 Å². The topological polar surface area (TPSA) is 46.5 Å². The van der Waals surface area contributed by atoms with Crippen molar-refractivity contribution in [3.05, 3.63) is 33.8 Å². The molecule has 94 valence electrons. The summed E-state index contributed by atoms with van der Waals surface area (Å²) in [6, 6.07) is 4.77. The summed E-state index contributed by atoms with van der Waals surface area (Å²) in [5.74, 6) is -1.10. The van der Waals surface area contributed by atoms with Crippen molar-refractivity contribution in [2.75, 3.05) is 7.11 Å². The van der Waals surface area contributed by atoms with Gasteiger partial charge in [0.15, 0.2) is 0 Å². The molecular formula is C12H14Cl2O3. The summed E-state index contributed by atoms with van der Waals surface area (Å²) in [4.78, 5) is 11.5. The molecule has 0 aromatic heterocycles. The standard InChI is InChI=1S/C12H14Cl2O3/c1-3-8(12(16)17-2)11(15)9-6-7(13)4-5-10(9)14/h4-6,8,11,15H,3H2,1-2H3. The van der Waals surface area contributed by atoms with Gasteiger partial charge in [-0.2, -0.15) is 0 Å². The van der Waals surface area contributed by atoms with Gasteiger partial charge in [0, 0.05) is 15.6 Å². The van der Waals surface area contributed by atoms with Gasteiger partial charge in [-0.1, -0.05) is 30.1 Å². The average molecular weight is 277 g/mol. The highest BCUT2D eigenvalue weighted by Crippen LogP contribution is 2.32. The molecule has 5 heteroatoms. The zero-order valence-electron chi connectivity index (χ0n) is 9.61. The second kappa shape index (κ2) is 6.24. The number of rotatable bonds is 4. The first kappa shape index (κ1) is 14.3. The van der Waals surface area contributed by atoms with Crippen molar-refractivity contribution in [2.45, 2.75) is 19.4 Å². The normalized spacial score (nSPS) is 14.2. The second-order valence-corrected chi connectivity index (χ2v) is 4.49. The SMILES string of the molecule is CCC(C(=O)OC)C(O)c1cc(Cl)ccc1Cl. The number of ether oxygens (including phenoxy) is 1. The number of halogens is 2. The molecule has 0 amide bonds. The molecular weight excluding hydrogens is 263 g/mol. The van der Waals surface area contributed by atoms with Crippen molar-refractivity contribution in [2.24, 2.45) is 5.92 Å². The number of carbonyl (C=O) groups excluding carboxylic acids is 1. The van der Waals surface area contributed by atoms with Crippen LogP contribution < -0.4 is 0 Å². The van der Waals surface area contributed by atoms with Crippen molar-refractivity contribution >= 4 is 29.2 Å². The second-order valence-electron chi connectivity index (χ2n) is 3.65. The summed E-state index contributed by atoms with van der Waals surface area (Å²) in [6.07, 6.45) is -0.560. The van der Waals surface area contributed by atoms with Crippen LogP contribution in [-0.4, -0.2) is 18.2 Å². The lowest BCUT2D eigenvalue weighted by Crippen LogP contribution is -2.23. The Labute approximate surface area is 110 Å². The van der Waals surface area contributed by atoms with E-state index < -0.39 is 18.0 Å². The lowest BCUT2D eigenvalue weighted by Gasteiger charge is -2.20. The van der Waals surface area contributed by atoms with Crippen LogP contribution in [0.4, 0.5) is 0 Å². The smallest absolute Gasteiger partial charge is 0.311 e. The molecule has 0 fully saturated rings. The molecule has 1 rings (SSSR count). The Morgan fingerprint density at radius 3 is 2.65 bits per heavy atom. The molecule has 0 saturated heterocycles. The number of esters is 1. The van der Waals surface area contributed by atoms with Crippen LogP contribution in [0.3, 0.4) is 0 Å². The van der Waals surface area contributed by atoms with Gasteiger partial charge in [-0.3, -0.25) is 4.79 Å². The molecule has 17 heavy (non-hydrogen) atoms. The van der Waals surface area contributed by atoms with Crippen LogP contribution in [-0.2, 0) is 9.53 Å². The van der Waals surface area contributed by atoms with E-state index in [-0.39, 0.29) is 0 Å². The van der Waals surface area contributed by atoms with Crippen LogP contribution in [0.25, 0.3) is 0 Å². The Morgan fingerprint density at radius 1 is 1.47 bits per heavy atom. The Hall–Kier alpha value is -0.770. The molecule has 0 aliphatic rings. The van der Waals surface area contributed by atoms with Gasteiger partial charge in [-0.15, -0.1) is 0 Å². The van der Waals surface area contributed by atoms with Crippen molar-refractivity contribution < 1.29 is 14.6 Å². The van der Waals surface area contributed by atoms with E-state index in [2.05, 4.69) is 4.74 Å². The third-order valence-electron chi connectivity index (χ3n) is 2.60. The van der Waals surface area contributed by atoms with Gasteiger partial charge >= 0.3 is 5.97 Å². The number of carbonyl (C=O) groups is 1. The Bertz CT molecular complexity index is 407. The van der Waals surface area contributed by atoms with Gasteiger partial charge in [0.25, 0.3) is 0 Å². The fraction of sp³-hybridized carbons (Fsp3) is 0.417. The fourth-order valence-electron chi connectivity index (χ4n) is 1.63. The van der Waals surface area contributed by atoms with Crippen molar-refractivity contribution in [1.82, 2.24) is 0 Å². The summed E-state index contributed by atoms with van der Waals surface area (Å²) in [5, 5.41) is 11.0. The van der Waals surface area contributed by atoms with E-state index in [1.54, 1.807) is 25.1 Å². The van der Waals surface area contributed by atoms with Gasteiger partial charge in [0.2, 0.25) is 0 Å². The maximum atomic E-state index is 11.5. The molecule has 0 saturated carbocycles. The minimum Gasteiger partial charge on any atom is -0.469 e. The molecule has 0 bridgehead atoms. The first-order valence-corrected chi connectivity index (χ1v) is 5.97. The van der Waals surface area contributed by atoms with Crippen LogP contribution in [0.2, 0.25) is 10.0 Å². The minimum absolute atomic E-state index is 0.379. The van der Waals surface area contributed by atoms with Crippen molar-refractivity contribution in [3.8, 4) is 0 Å². The zero-order valence-corrected chi connectivity index (χ0v) is 11.1. The molecule has 2 atom stereocenters. The van der Waals surface area contributed by atoms with Crippen LogP contribution in [0.1, 0.15) is 25.0 Å². The number of benzene rings is 1. The number of hydrogen-bond acceptors (Lipinski definition) is 3. The monoisotopic (exact) mass is 276 g/mol. The Balaban J connectivity index is 3.05. The van der Waals surface area contributed by atoms with E-state index in [0.717, 1.165) is 0 Å². The van der Waals surface area contributed by atoms with Gasteiger partial charge in [-0.25, -0.2) is 0 Å². The van der Waals surface area contributed by atoms with Gasteiger partial charge in [-0.05, 0) is 24.6 Å². The number of hydrogen-bond donors (Lipinski definition) is 1. The first-order chi connectivity index (χ1) is 8.01. The first-order valence-electron chi connectivity index (χ1n) is 5.22. The molecule has 1 N–H and O–H groups in total. The molecule has 0 spiro atoms. The molecule has 0 aliphatic carbocycles. The predicted molar refractivity (Wildman–Crippen MR) is 67.2 cm³/mol. The molecule has 1 aromatic carbocycles. The quantitative estimate of drug-likeness (QED) is 0.859. The van der Waals surface area contributed by atoms with E-state index >= 15 is 0 Å². The molecule has 0 heterocycles. The van der Waals surface area contributed by atoms with Crippen LogP contribution in [0, 0.1) is 5.92 Å². The average Bonchev–Trinajstić information content (AvgIpc) is 2.32. The molecule has 1 aromatic rings. The maximum absolute atomic E-state index is 11.5. The number of methoxy groups -OCH3 is 1. The molecule has 3 nitrogen and oxygen atoms in total. The van der Waals surface area contributed by atoms with Crippen LogP contribution in [0.5, 0.6) is 0 Å². The van der Waals surface area contributed by atoms with Gasteiger partial charge in [0.05, 0.1) is 19.1 Å². The van der Waals surface area contributed by atoms with Gasteiger partial charge < -0.3 is 9.84 Å². The summed E-state index contributed by atoms with van der Waals surface area (Å²) in [7, 11) is 1.29. The van der Waals surface area contributed by atoms with E-state index in [4.69, 9.17) is 23.2 Å². The lowest BCUT2D eigenvalue weighted by atomic mass is 9.93. The highest BCUT2D eigenvalue weighted by molar-refractivity contribution is 6.33. The third kappa shape index (κ3) is 3.35. The largest absolute Gasteiger partial charge is 0.469 e. The zero-order chi connectivity index (χ0) is 13.0. The highest BCUT2D eigenvalue weighted by Gasteiger charge is 2.28.